The van der Waals surface area contributed by atoms with E-state index >= 15 is 0 Å². The minimum absolute atomic E-state index is 0.0360. The summed E-state index contributed by atoms with van der Waals surface area (Å²) in [6.07, 6.45) is 1.32. The highest BCUT2D eigenvalue weighted by molar-refractivity contribution is 6.01. The van der Waals surface area contributed by atoms with Crippen LogP contribution in [0.1, 0.15) is 127 Å². The zero-order valence-electron chi connectivity index (χ0n) is 38.0. The van der Waals surface area contributed by atoms with Crippen molar-refractivity contribution in [2.75, 3.05) is 19.6 Å². The molecule has 1 saturated heterocycles. The number of carboxylic acid groups (broad SMARTS) is 4. The number of benzene rings is 1. The molecule has 0 bridgehead atoms. The summed E-state index contributed by atoms with van der Waals surface area (Å²) in [5.41, 5.74) is 1.42. The number of rotatable bonds is 22. The van der Waals surface area contributed by atoms with Gasteiger partial charge in [-0.2, -0.15) is 0 Å². The van der Waals surface area contributed by atoms with Crippen LogP contribution >= 0.6 is 0 Å². The molecule has 3 rings (SSSR count). The summed E-state index contributed by atoms with van der Waals surface area (Å²) in [5, 5.41) is 46.7. The fourth-order valence-electron chi connectivity index (χ4n) is 5.86. The molecule has 0 aromatic heterocycles. The van der Waals surface area contributed by atoms with E-state index in [0.717, 1.165) is 5.56 Å². The van der Waals surface area contributed by atoms with Gasteiger partial charge in [0.05, 0.1) is 19.0 Å². The van der Waals surface area contributed by atoms with Crippen molar-refractivity contribution in [3.63, 3.8) is 0 Å². The van der Waals surface area contributed by atoms with E-state index in [0.29, 0.717) is 23.5 Å². The molecule has 0 spiro atoms. The molecule has 1 saturated carbocycles. The van der Waals surface area contributed by atoms with Crippen LogP contribution in [0.4, 0.5) is 0 Å². The zero-order valence-corrected chi connectivity index (χ0v) is 38.0. The van der Waals surface area contributed by atoms with Gasteiger partial charge in [0.15, 0.2) is 0 Å². The Morgan fingerprint density at radius 3 is 1.71 bits per heavy atom. The lowest BCUT2D eigenvalue weighted by Gasteiger charge is -2.27. The number of aliphatic carboxylic acids is 4. The van der Waals surface area contributed by atoms with Crippen LogP contribution < -0.4 is 26.6 Å². The van der Waals surface area contributed by atoms with Gasteiger partial charge in [0.2, 0.25) is 23.6 Å². The predicted octanol–water partition coefficient (Wildman–Crippen LogP) is 1.45. The van der Waals surface area contributed by atoms with Gasteiger partial charge in [-0.15, -0.1) is 5.06 Å². The quantitative estimate of drug-likeness (QED) is 0.0587. The van der Waals surface area contributed by atoms with E-state index in [1.54, 1.807) is 32.0 Å². The summed E-state index contributed by atoms with van der Waals surface area (Å²) in [4.78, 5) is 145. The monoisotopic (exact) mass is 936 g/mol. The molecule has 2 atom stereocenters. The molecule has 1 unspecified atom stereocenters. The number of nitrogens with one attached hydrogen (secondary N) is 5. The maximum Gasteiger partial charge on any atom is 0.336 e. The maximum atomic E-state index is 12.8. The first-order valence-corrected chi connectivity index (χ1v) is 21.6. The molecular weight excluding hydrogens is 872 g/mol. The number of amides is 7. The second kappa shape index (κ2) is 32.7. The SMILES string of the molecule is CC.CCC(=O)O.CCC(=O)O.Cc1cccc(C(=O)NCCCCC(NC(=O)CNC(=O)[C@@H](CCC(=O)O)NC(=O)CNC(=O)C2CCC(C(=O)ON3C(=O)CCC3=O)CC2)C(=O)O)c1. The number of carboxylic acids is 4. The third kappa shape index (κ3) is 24.8. The number of hydroxylamine groups is 2. The van der Waals surface area contributed by atoms with Crippen molar-refractivity contribution in [1.82, 2.24) is 31.6 Å². The van der Waals surface area contributed by atoms with E-state index in [4.69, 9.17) is 20.2 Å². The molecule has 1 heterocycles. The molecule has 66 heavy (non-hydrogen) atoms. The largest absolute Gasteiger partial charge is 0.481 e. The average Bonchev–Trinajstić information content (AvgIpc) is 3.61. The van der Waals surface area contributed by atoms with Gasteiger partial charge in [0.1, 0.15) is 12.1 Å². The topological polar surface area (TPSA) is 358 Å². The van der Waals surface area contributed by atoms with E-state index in [2.05, 4.69) is 26.6 Å². The minimum Gasteiger partial charge on any atom is -0.481 e. The van der Waals surface area contributed by atoms with E-state index < -0.39 is 109 Å². The van der Waals surface area contributed by atoms with Gasteiger partial charge in [0.25, 0.3) is 17.7 Å². The zero-order chi connectivity index (χ0) is 50.4. The summed E-state index contributed by atoms with van der Waals surface area (Å²) in [6, 6.07) is 4.34. The fraction of sp³-hybridized carbons (Fsp3) is 0.581. The molecule has 2 fully saturated rings. The van der Waals surface area contributed by atoms with Gasteiger partial charge >= 0.3 is 29.8 Å². The maximum absolute atomic E-state index is 12.8. The van der Waals surface area contributed by atoms with Crippen molar-refractivity contribution >= 4 is 71.2 Å². The third-order valence-electron chi connectivity index (χ3n) is 9.49. The number of nitrogens with zero attached hydrogens (tertiary/aromatic N) is 1. The highest BCUT2D eigenvalue weighted by Crippen LogP contribution is 2.30. The predicted molar refractivity (Wildman–Crippen MR) is 232 cm³/mol. The summed E-state index contributed by atoms with van der Waals surface area (Å²) in [6.45, 7) is 8.10. The molecule has 1 aliphatic heterocycles. The van der Waals surface area contributed by atoms with Crippen LogP contribution in [-0.2, 0) is 57.6 Å². The molecule has 9 N–H and O–H groups in total. The van der Waals surface area contributed by atoms with Gasteiger partial charge in [-0.3, -0.25) is 47.9 Å². The Balaban J connectivity index is 0.00000313. The van der Waals surface area contributed by atoms with Crippen LogP contribution in [0, 0.1) is 18.8 Å². The average molecular weight is 937 g/mol. The van der Waals surface area contributed by atoms with Gasteiger partial charge in [-0.1, -0.05) is 45.4 Å². The molecule has 23 nitrogen and oxygen atoms in total. The first kappa shape index (κ1) is 59.1. The highest BCUT2D eigenvalue weighted by Gasteiger charge is 2.37. The Hall–Kier alpha value is -6.94. The van der Waals surface area contributed by atoms with Crippen LogP contribution in [0.5, 0.6) is 0 Å². The minimum atomic E-state index is -1.40. The van der Waals surface area contributed by atoms with Gasteiger partial charge in [-0.25, -0.2) is 9.59 Å². The number of hydrogen-bond donors (Lipinski definition) is 9. The van der Waals surface area contributed by atoms with E-state index in [1.165, 1.54) is 0 Å². The van der Waals surface area contributed by atoms with Crippen LogP contribution in [0.3, 0.4) is 0 Å². The number of unbranched alkanes of at least 4 members (excludes halogenated alkanes) is 1. The van der Waals surface area contributed by atoms with Crippen molar-refractivity contribution in [2.45, 2.75) is 130 Å². The summed E-state index contributed by atoms with van der Waals surface area (Å²) < 4.78 is 0. The first-order chi connectivity index (χ1) is 31.2. The lowest BCUT2D eigenvalue weighted by atomic mass is 9.81. The Morgan fingerprint density at radius 1 is 0.697 bits per heavy atom. The molecule has 368 valence electrons. The summed E-state index contributed by atoms with van der Waals surface area (Å²) >= 11 is 0. The lowest BCUT2D eigenvalue weighted by Crippen LogP contribution is -2.52. The van der Waals surface area contributed by atoms with Crippen molar-refractivity contribution in [3.05, 3.63) is 35.4 Å². The third-order valence-corrected chi connectivity index (χ3v) is 9.49. The summed E-state index contributed by atoms with van der Waals surface area (Å²) in [5.74, 6) is -10.5. The second-order valence-electron chi connectivity index (χ2n) is 14.6. The van der Waals surface area contributed by atoms with Gasteiger partial charge < -0.3 is 51.8 Å². The molecule has 7 amide bonds. The standard InChI is InChI=1S/C35H46N6O13.2C3H6O2.C2H6/c1-20-5-4-6-23(17-20)32(49)36-16-3-2-7-25(34(51)52)40-27(43)19-38-33(50)24(12-15-30(46)47)39-26(42)18-37-31(48)21-8-10-22(11-9-21)35(53)54-41-28(44)13-14-29(41)45;2*1-2-3(4)5;1-2/h4-6,17,21-22,24-25H,2-3,7-16,18-19H2,1H3,(H,36,49)(H,37,48)(H,38,50)(H,39,42)(H,40,43)(H,46,47)(H,51,52);2*2H2,1H3,(H,4,5);1-2H3/t21?,22?,24-,25?;;;/m1.../s1. The smallest absolute Gasteiger partial charge is 0.336 e. The molecular formula is C43H64N6O17. The Kier molecular flexibility index (Phi) is 29.2. The lowest BCUT2D eigenvalue weighted by molar-refractivity contribution is -0.201. The Morgan fingerprint density at radius 2 is 1.21 bits per heavy atom. The first-order valence-electron chi connectivity index (χ1n) is 21.6. The van der Waals surface area contributed by atoms with Crippen LogP contribution in [0.2, 0.25) is 0 Å². The molecule has 2 aliphatic rings. The van der Waals surface area contributed by atoms with Crippen LogP contribution in [0.25, 0.3) is 0 Å². The van der Waals surface area contributed by atoms with Crippen LogP contribution in [-0.4, -0.2) is 128 Å². The van der Waals surface area contributed by atoms with Crippen molar-refractivity contribution in [2.24, 2.45) is 11.8 Å². The van der Waals surface area contributed by atoms with Gasteiger partial charge in [0, 0.05) is 50.1 Å². The molecule has 1 aliphatic carbocycles. The van der Waals surface area contributed by atoms with Crippen molar-refractivity contribution < 1.29 is 82.8 Å². The van der Waals surface area contributed by atoms with E-state index in [1.807, 2.05) is 26.8 Å². The second-order valence-corrected chi connectivity index (χ2v) is 14.6. The number of aryl methyl sites for hydroxylation is 1. The molecule has 1 aromatic carbocycles. The molecule has 23 heteroatoms. The molecule has 1 aromatic rings. The highest BCUT2D eigenvalue weighted by atomic mass is 16.7. The van der Waals surface area contributed by atoms with Crippen molar-refractivity contribution in [3.8, 4) is 0 Å². The fourth-order valence-corrected chi connectivity index (χ4v) is 5.86. The van der Waals surface area contributed by atoms with Gasteiger partial charge in [-0.05, 0) is 70.4 Å². The number of imide groups is 1. The summed E-state index contributed by atoms with van der Waals surface area (Å²) in [7, 11) is 0. The number of carbonyl (C=O) groups excluding carboxylic acids is 8. The number of hydrogen-bond acceptors (Lipinski definition) is 13. The Bertz CT molecular complexity index is 1820. The number of carbonyl (C=O) groups is 12. The molecule has 0 radical (unpaired) electrons. The normalized spacial score (nSPS) is 15.7. The Labute approximate surface area is 382 Å². The van der Waals surface area contributed by atoms with Crippen molar-refractivity contribution in [1.29, 1.82) is 0 Å². The van der Waals surface area contributed by atoms with E-state index in [-0.39, 0.29) is 76.7 Å². The van der Waals surface area contributed by atoms with E-state index in [9.17, 15) is 62.6 Å². The van der Waals surface area contributed by atoms with Crippen LogP contribution in [0.15, 0.2) is 24.3 Å².